The van der Waals surface area contributed by atoms with E-state index in [2.05, 4.69) is 4.76 Å². The minimum Gasteiger partial charge on any atom is -0.355 e. The van der Waals surface area contributed by atoms with Gasteiger partial charge in [-0.25, -0.2) is 4.57 Å². The lowest BCUT2D eigenvalue weighted by Crippen LogP contribution is -2.43. The maximum Gasteiger partial charge on any atom is 0.450 e. The summed E-state index contributed by atoms with van der Waals surface area (Å²) in [7, 11) is -4.45. The van der Waals surface area contributed by atoms with Gasteiger partial charge in [0.05, 0.1) is 0 Å². The van der Waals surface area contributed by atoms with E-state index in [9.17, 15) is 14.4 Å². The molecular formula is C14H23N2O3P. The van der Waals surface area contributed by atoms with Gasteiger partial charge in [-0.15, -0.1) is 0 Å². The third kappa shape index (κ3) is 5.45. The maximum atomic E-state index is 11.3. The van der Waals surface area contributed by atoms with Crippen molar-refractivity contribution in [3.63, 3.8) is 0 Å². The van der Waals surface area contributed by atoms with Crippen LogP contribution in [0, 0.1) is 0 Å². The zero-order valence-electron chi connectivity index (χ0n) is 12.4. The van der Waals surface area contributed by atoms with Crippen LogP contribution < -0.4 is 0 Å². The van der Waals surface area contributed by atoms with Crippen LogP contribution in [0.3, 0.4) is 0 Å². The molecule has 0 bridgehead atoms. The predicted molar refractivity (Wildman–Crippen MR) is 81.7 cm³/mol. The summed E-state index contributed by atoms with van der Waals surface area (Å²) in [6.07, 6.45) is 0.405. The van der Waals surface area contributed by atoms with Crippen molar-refractivity contribution in [3.8, 4) is 0 Å². The highest BCUT2D eigenvalue weighted by Gasteiger charge is 2.22. The summed E-state index contributed by atoms with van der Waals surface area (Å²) in [6.45, 7) is 7.95. The van der Waals surface area contributed by atoms with Crippen LogP contribution in [0.25, 0.3) is 0 Å². The van der Waals surface area contributed by atoms with E-state index >= 15 is 0 Å². The number of benzene rings is 1. The van der Waals surface area contributed by atoms with Crippen LogP contribution in [0.1, 0.15) is 33.3 Å². The molecule has 0 atom stereocenters. The van der Waals surface area contributed by atoms with Gasteiger partial charge >= 0.3 is 7.75 Å². The second-order valence-corrected chi connectivity index (χ2v) is 6.51. The second kappa shape index (κ2) is 7.02. The maximum absolute atomic E-state index is 11.3. The Morgan fingerprint density at radius 3 is 2.05 bits per heavy atom. The SMILES string of the molecule is CC(C)N(/C(Cc1ccccc1)=N\P(=O)(O)O)C(C)C. The largest absolute Gasteiger partial charge is 0.450 e. The molecule has 0 amide bonds. The first-order valence-corrected chi connectivity index (χ1v) is 8.24. The third-order valence-electron chi connectivity index (χ3n) is 2.86. The molecule has 0 aromatic heterocycles. The van der Waals surface area contributed by atoms with Gasteiger partial charge in [-0.05, 0) is 33.3 Å². The zero-order valence-corrected chi connectivity index (χ0v) is 13.3. The molecule has 5 nitrogen and oxygen atoms in total. The van der Waals surface area contributed by atoms with E-state index < -0.39 is 7.75 Å². The Hall–Kier alpha value is -1.16. The van der Waals surface area contributed by atoms with E-state index in [1.165, 1.54) is 0 Å². The number of amidine groups is 1. The summed E-state index contributed by atoms with van der Waals surface area (Å²) in [5.74, 6) is 0.425. The molecule has 0 saturated carbocycles. The smallest absolute Gasteiger partial charge is 0.355 e. The predicted octanol–water partition coefficient (Wildman–Crippen LogP) is 2.84. The van der Waals surface area contributed by atoms with Crippen LogP contribution in [-0.2, 0) is 11.0 Å². The lowest BCUT2D eigenvalue weighted by atomic mass is 10.1. The topological polar surface area (TPSA) is 73.1 Å². The van der Waals surface area contributed by atoms with Crippen LogP contribution in [0.4, 0.5) is 0 Å². The van der Waals surface area contributed by atoms with Crippen LogP contribution >= 0.6 is 7.75 Å². The normalized spacial score (nSPS) is 13.1. The van der Waals surface area contributed by atoms with Crippen molar-refractivity contribution in [2.24, 2.45) is 4.76 Å². The van der Waals surface area contributed by atoms with Gasteiger partial charge in [-0.2, -0.15) is 4.76 Å². The number of nitrogens with zero attached hydrogens (tertiary/aromatic N) is 2. The number of hydrogen-bond acceptors (Lipinski definition) is 1. The second-order valence-electron chi connectivity index (χ2n) is 5.29. The van der Waals surface area contributed by atoms with E-state index in [-0.39, 0.29) is 12.1 Å². The average Bonchev–Trinajstić information content (AvgIpc) is 2.26. The fraction of sp³-hybridized carbons (Fsp3) is 0.500. The average molecular weight is 298 g/mol. The first-order chi connectivity index (χ1) is 9.20. The molecule has 0 heterocycles. The van der Waals surface area contributed by atoms with Gasteiger partial charge in [0.2, 0.25) is 0 Å². The van der Waals surface area contributed by atoms with Crippen LogP contribution in [0.2, 0.25) is 0 Å². The third-order valence-corrected chi connectivity index (χ3v) is 3.35. The molecule has 0 unspecified atom stereocenters. The van der Waals surface area contributed by atoms with Gasteiger partial charge in [0.1, 0.15) is 5.84 Å². The standard InChI is InChI=1S/C14H23N2O3P/c1-11(2)16(12(3)4)14(15-20(17,18)19)10-13-8-6-5-7-9-13/h5-9,11-12H,10H2,1-4H3,(H2,17,18,19)/b15-14-. The van der Waals surface area contributed by atoms with Crippen molar-refractivity contribution in [1.82, 2.24) is 4.90 Å². The van der Waals surface area contributed by atoms with Crippen LogP contribution in [0.15, 0.2) is 35.1 Å². The van der Waals surface area contributed by atoms with Gasteiger partial charge in [0.25, 0.3) is 0 Å². The minimum atomic E-state index is -4.45. The first-order valence-electron chi connectivity index (χ1n) is 6.67. The van der Waals surface area contributed by atoms with Gasteiger partial charge in [-0.3, -0.25) is 0 Å². The first kappa shape index (κ1) is 16.9. The van der Waals surface area contributed by atoms with E-state index in [1.807, 2.05) is 62.9 Å². The van der Waals surface area contributed by atoms with Crippen molar-refractivity contribution >= 4 is 13.6 Å². The summed E-state index contributed by atoms with van der Waals surface area (Å²) >= 11 is 0. The fourth-order valence-corrected chi connectivity index (χ4v) is 2.77. The minimum absolute atomic E-state index is 0.115. The van der Waals surface area contributed by atoms with Gasteiger partial charge < -0.3 is 14.7 Å². The zero-order chi connectivity index (χ0) is 15.3. The van der Waals surface area contributed by atoms with Gasteiger partial charge in [0, 0.05) is 18.5 Å². The molecule has 2 N–H and O–H groups in total. The summed E-state index contributed by atoms with van der Waals surface area (Å²) < 4.78 is 14.9. The molecule has 0 aliphatic carbocycles. The monoisotopic (exact) mass is 298 g/mol. The summed E-state index contributed by atoms with van der Waals surface area (Å²) in [5, 5.41) is 0. The molecule has 1 aromatic carbocycles. The summed E-state index contributed by atoms with van der Waals surface area (Å²) in [4.78, 5) is 20.3. The molecule has 0 aliphatic rings. The molecule has 1 aromatic rings. The lowest BCUT2D eigenvalue weighted by Gasteiger charge is -2.34. The van der Waals surface area contributed by atoms with Crippen LogP contribution in [0.5, 0.6) is 0 Å². The Balaban J connectivity index is 3.15. The van der Waals surface area contributed by atoms with Crippen molar-refractivity contribution in [1.29, 1.82) is 0 Å². The molecule has 0 fully saturated rings. The molecular weight excluding hydrogens is 275 g/mol. The Morgan fingerprint density at radius 1 is 1.15 bits per heavy atom. The van der Waals surface area contributed by atoms with Gasteiger partial charge in [-0.1, -0.05) is 30.3 Å². The number of hydrogen-bond donors (Lipinski definition) is 2. The van der Waals surface area contributed by atoms with Crippen molar-refractivity contribution < 1.29 is 14.4 Å². The molecule has 112 valence electrons. The van der Waals surface area contributed by atoms with E-state index in [1.54, 1.807) is 0 Å². The highest BCUT2D eigenvalue weighted by Crippen LogP contribution is 2.37. The molecule has 20 heavy (non-hydrogen) atoms. The molecule has 0 saturated heterocycles. The van der Waals surface area contributed by atoms with Crippen LogP contribution in [-0.4, -0.2) is 32.6 Å². The van der Waals surface area contributed by atoms with E-state index in [4.69, 9.17) is 0 Å². The lowest BCUT2D eigenvalue weighted by molar-refractivity contribution is 0.286. The van der Waals surface area contributed by atoms with E-state index in [0.717, 1.165) is 5.56 Å². The van der Waals surface area contributed by atoms with Crippen molar-refractivity contribution in [3.05, 3.63) is 35.9 Å². The Morgan fingerprint density at radius 2 is 1.65 bits per heavy atom. The molecule has 0 aliphatic heterocycles. The molecule has 1 rings (SSSR count). The Bertz CT molecular complexity index is 486. The Labute approximate surface area is 120 Å². The Kier molecular flexibility index (Phi) is 5.93. The fourth-order valence-electron chi connectivity index (χ4n) is 2.30. The summed E-state index contributed by atoms with van der Waals surface area (Å²) in [6, 6.07) is 9.79. The number of rotatable bonds is 5. The van der Waals surface area contributed by atoms with Crippen molar-refractivity contribution in [2.45, 2.75) is 46.2 Å². The van der Waals surface area contributed by atoms with Crippen molar-refractivity contribution in [2.75, 3.05) is 0 Å². The highest BCUT2D eigenvalue weighted by atomic mass is 31.2. The summed E-state index contributed by atoms with van der Waals surface area (Å²) in [5.41, 5.74) is 0.978. The van der Waals surface area contributed by atoms with E-state index in [0.29, 0.717) is 12.3 Å². The molecule has 0 radical (unpaired) electrons. The molecule has 6 heteroatoms. The van der Waals surface area contributed by atoms with Gasteiger partial charge in [0.15, 0.2) is 0 Å². The molecule has 0 spiro atoms. The quantitative estimate of drug-likeness (QED) is 0.498. The highest BCUT2D eigenvalue weighted by molar-refractivity contribution is 7.50.